The average Bonchev–Trinajstić information content (AvgIpc) is 3.26. The molecule has 0 atom stereocenters. The number of amides is 1. The van der Waals surface area contributed by atoms with Crippen LogP contribution in [0.1, 0.15) is 36.0 Å². The minimum Gasteiger partial charge on any atom is -0.352 e. The lowest BCUT2D eigenvalue weighted by molar-refractivity contribution is 0.0943. The third kappa shape index (κ3) is 2.88. The monoisotopic (exact) mass is 260 g/mol. The first-order valence-electron chi connectivity index (χ1n) is 7.10. The van der Waals surface area contributed by atoms with E-state index in [1.165, 1.54) is 36.3 Å². The average molecular weight is 260 g/mol. The van der Waals surface area contributed by atoms with E-state index < -0.39 is 0 Å². The van der Waals surface area contributed by atoms with Crippen LogP contribution in [0.15, 0.2) is 23.1 Å². The van der Waals surface area contributed by atoms with Crippen molar-refractivity contribution in [2.24, 2.45) is 24.8 Å². The van der Waals surface area contributed by atoms with Gasteiger partial charge in [-0.15, -0.1) is 0 Å². The first-order chi connectivity index (χ1) is 9.15. The molecule has 4 nitrogen and oxygen atoms in total. The molecule has 2 aliphatic rings. The van der Waals surface area contributed by atoms with E-state index in [1.807, 2.05) is 0 Å². The van der Waals surface area contributed by atoms with Crippen LogP contribution < -0.4 is 10.9 Å². The van der Waals surface area contributed by atoms with Crippen molar-refractivity contribution in [1.82, 2.24) is 9.88 Å². The number of pyridine rings is 1. The van der Waals surface area contributed by atoms with Crippen LogP contribution in [0, 0.1) is 17.8 Å². The summed E-state index contributed by atoms with van der Waals surface area (Å²) in [6, 6.07) is 3.10. The summed E-state index contributed by atoms with van der Waals surface area (Å²) in [6.45, 7) is 0.767. The van der Waals surface area contributed by atoms with Crippen molar-refractivity contribution in [2.45, 2.75) is 25.7 Å². The summed E-state index contributed by atoms with van der Waals surface area (Å²) in [5, 5.41) is 3.00. The van der Waals surface area contributed by atoms with Gasteiger partial charge in [0.2, 0.25) is 0 Å². The summed E-state index contributed by atoms with van der Waals surface area (Å²) in [5.74, 6) is 2.20. The van der Waals surface area contributed by atoms with Gasteiger partial charge in [-0.3, -0.25) is 9.59 Å². The van der Waals surface area contributed by atoms with E-state index >= 15 is 0 Å². The lowest BCUT2D eigenvalue weighted by Crippen LogP contribution is -2.32. The van der Waals surface area contributed by atoms with Gasteiger partial charge in [-0.1, -0.05) is 0 Å². The van der Waals surface area contributed by atoms with E-state index in [-0.39, 0.29) is 11.5 Å². The van der Waals surface area contributed by atoms with Crippen LogP contribution in [0.2, 0.25) is 0 Å². The standard InChI is InChI=1S/C15H20N2O2/c1-17-7-6-12(8-14(17)18)15(19)16-9-13(10-2-3-10)11-4-5-11/h6-8,10-11,13H,2-5,9H2,1H3,(H,16,19). The maximum absolute atomic E-state index is 12.0. The Hall–Kier alpha value is -1.58. The molecule has 0 saturated heterocycles. The molecular formula is C15H20N2O2. The zero-order valence-electron chi connectivity index (χ0n) is 11.3. The van der Waals surface area contributed by atoms with Gasteiger partial charge in [0.05, 0.1) is 0 Å². The van der Waals surface area contributed by atoms with Gasteiger partial charge in [-0.25, -0.2) is 0 Å². The number of carbonyl (C=O) groups is 1. The van der Waals surface area contributed by atoms with E-state index in [4.69, 9.17) is 0 Å². The van der Waals surface area contributed by atoms with Gasteiger partial charge in [0, 0.05) is 31.4 Å². The van der Waals surface area contributed by atoms with Gasteiger partial charge < -0.3 is 9.88 Å². The fourth-order valence-corrected chi connectivity index (χ4v) is 2.77. The molecule has 3 rings (SSSR count). The topological polar surface area (TPSA) is 51.1 Å². The molecule has 1 aromatic rings. The maximum atomic E-state index is 12.0. The molecule has 0 spiro atoms. The van der Waals surface area contributed by atoms with Gasteiger partial charge in [-0.05, 0) is 49.5 Å². The van der Waals surface area contributed by atoms with E-state index in [1.54, 1.807) is 19.3 Å². The van der Waals surface area contributed by atoms with Crippen LogP contribution in [0.25, 0.3) is 0 Å². The zero-order valence-corrected chi connectivity index (χ0v) is 11.3. The first-order valence-corrected chi connectivity index (χ1v) is 7.10. The van der Waals surface area contributed by atoms with Crippen molar-refractivity contribution in [2.75, 3.05) is 6.54 Å². The Morgan fingerprint density at radius 3 is 2.53 bits per heavy atom. The van der Waals surface area contributed by atoms with E-state index in [9.17, 15) is 9.59 Å². The van der Waals surface area contributed by atoms with Crippen molar-refractivity contribution in [3.63, 3.8) is 0 Å². The second-order valence-electron chi connectivity index (χ2n) is 5.91. The predicted molar refractivity (Wildman–Crippen MR) is 73.0 cm³/mol. The molecule has 2 saturated carbocycles. The highest BCUT2D eigenvalue weighted by atomic mass is 16.2. The largest absolute Gasteiger partial charge is 0.352 e. The highest BCUT2D eigenvalue weighted by Crippen LogP contribution is 2.48. The minimum absolute atomic E-state index is 0.121. The molecule has 1 heterocycles. The molecule has 0 bridgehead atoms. The summed E-state index contributed by atoms with van der Waals surface area (Å²) >= 11 is 0. The lowest BCUT2D eigenvalue weighted by Gasteiger charge is -2.16. The maximum Gasteiger partial charge on any atom is 0.251 e. The molecular weight excluding hydrogens is 240 g/mol. The van der Waals surface area contributed by atoms with E-state index in [0.717, 1.165) is 18.4 Å². The number of carbonyl (C=O) groups excluding carboxylic acids is 1. The molecule has 102 valence electrons. The van der Waals surface area contributed by atoms with Crippen LogP contribution in [0.5, 0.6) is 0 Å². The Balaban J connectivity index is 1.60. The fourth-order valence-electron chi connectivity index (χ4n) is 2.77. The third-order valence-electron chi connectivity index (χ3n) is 4.32. The Kier molecular flexibility index (Phi) is 3.17. The Morgan fingerprint density at radius 2 is 2.00 bits per heavy atom. The molecule has 0 unspecified atom stereocenters. The molecule has 2 fully saturated rings. The normalized spacial score (nSPS) is 18.6. The fraction of sp³-hybridized carbons (Fsp3) is 0.600. The molecule has 19 heavy (non-hydrogen) atoms. The van der Waals surface area contributed by atoms with Crippen molar-refractivity contribution >= 4 is 5.91 Å². The Labute approximate surface area is 112 Å². The highest BCUT2D eigenvalue weighted by Gasteiger charge is 2.41. The zero-order chi connectivity index (χ0) is 13.4. The molecule has 1 N–H and O–H groups in total. The molecule has 1 aromatic heterocycles. The quantitative estimate of drug-likeness (QED) is 0.873. The number of rotatable bonds is 5. The second-order valence-corrected chi connectivity index (χ2v) is 5.91. The SMILES string of the molecule is Cn1ccc(C(=O)NCC(C2CC2)C2CC2)cc1=O. The van der Waals surface area contributed by atoms with Gasteiger partial charge in [0.15, 0.2) is 0 Å². The van der Waals surface area contributed by atoms with Gasteiger partial charge in [-0.2, -0.15) is 0 Å². The number of aromatic nitrogens is 1. The van der Waals surface area contributed by atoms with Crippen molar-refractivity contribution in [1.29, 1.82) is 0 Å². The summed E-state index contributed by atoms with van der Waals surface area (Å²) in [6.07, 6.45) is 6.92. The van der Waals surface area contributed by atoms with Crippen LogP contribution in [-0.2, 0) is 7.05 Å². The third-order valence-corrected chi connectivity index (χ3v) is 4.32. The van der Waals surface area contributed by atoms with Crippen LogP contribution in [-0.4, -0.2) is 17.0 Å². The van der Waals surface area contributed by atoms with E-state index in [2.05, 4.69) is 5.32 Å². The van der Waals surface area contributed by atoms with Crippen LogP contribution >= 0.6 is 0 Å². The number of aryl methyl sites for hydroxylation is 1. The van der Waals surface area contributed by atoms with Gasteiger partial charge in [0.25, 0.3) is 11.5 Å². The van der Waals surface area contributed by atoms with E-state index in [0.29, 0.717) is 11.5 Å². The summed E-state index contributed by atoms with van der Waals surface area (Å²) in [7, 11) is 1.68. The lowest BCUT2D eigenvalue weighted by atomic mass is 9.98. The highest BCUT2D eigenvalue weighted by molar-refractivity contribution is 5.93. The number of hydrogen-bond donors (Lipinski definition) is 1. The second kappa shape index (κ2) is 4.83. The summed E-state index contributed by atoms with van der Waals surface area (Å²) < 4.78 is 1.47. The smallest absolute Gasteiger partial charge is 0.251 e. The van der Waals surface area contributed by atoms with Crippen molar-refractivity contribution in [3.8, 4) is 0 Å². The molecule has 2 aliphatic carbocycles. The van der Waals surface area contributed by atoms with Gasteiger partial charge in [0.1, 0.15) is 0 Å². The van der Waals surface area contributed by atoms with Crippen LogP contribution in [0.4, 0.5) is 0 Å². The molecule has 0 radical (unpaired) electrons. The summed E-state index contributed by atoms with van der Waals surface area (Å²) in [4.78, 5) is 23.5. The molecule has 0 aliphatic heterocycles. The first kappa shape index (κ1) is 12.5. The molecule has 0 aromatic carbocycles. The molecule has 4 heteroatoms. The number of hydrogen-bond acceptors (Lipinski definition) is 2. The Morgan fingerprint density at radius 1 is 1.37 bits per heavy atom. The molecule has 1 amide bonds. The Bertz CT molecular complexity index is 529. The van der Waals surface area contributed by atoms with Gasteiger partial charge >= 0.3 is 0 Å². The van der Waals surface area contributed by atoms with Crippen molar-refractivity contribution in [3.05, 3.63) is 34.2 Å². The van der Waals surface area contributed by atoms with Crippen molar-refractivity contribution < 1.29 is 4.79 Å². The predicted octanol–water partition coefficient (Wildman–Crippen LogP) is 1.55. The summed E-state index contributed by atoms with van der Waals surface area (Å²) in [5.41, 5.74) is 0.321. The number of nitrogens with zero attached hydrogens (tertiary/aromatic N) is 1. The van der Waals surface area contributed by atoms with Crippen LogP contribution in [0.3, 0.4) is 0 Å². The minimum atomic E-state index is -0.145. The number of nitrogens with one attached hydrogen (secondary N) is 1.